The second-order valence-electron chi connectivity index (χ2n) is 6.86. The first-order valence-electron chi connectivity index (χ1n) is 9.64. The Morgan fingerprint density at radius 1 is 1.21 bits per heavy atom. The van der Waals surface area contributed by atoms with Crippen molar-refractivity contribution in [2.75, 3.05) is 19.7 Å². The summed E-state index contributed by atoms with van der Waals surface area (Å²) in [6, 6.07) is 5.54. The molecule has 2 aromatic rings. The van der Waals surface area contributed by atoms with Crippen molar-refractivity contribution < 1.29 is 18.7 Å². The third-order valence-electron chi connectivity index (χ3n) is 4.93. The maximum atomic E-state index is 13.0. The number of aromatic amines is 1. The fourth-order valence-corrected chi connectivity index (χ4v) is 3.27. The molecule has 0 radical (unpaired) electrons. The molecule has 9 heteroatoms. The summed E-state index contributed by atoms with van der Waals surface area (Å²) in [4.78, 5) is 40.7. The molecular weight excluding hydrogens is 379 g/mol. The zero-order valence-electron chi connectivity index (χ0n) is 16.2. The Balaban J connectivity index is 1.53. The highest BCUT2D eigenvalue weighted by Gasteiger charge is 2.28. The number of amides is 1. The van der Waals surface area contributed by atoms with Crippen LogP contribution in [0.4, 0.5) is 4.39 Å². The van der Waals surface area contributed by atoms with Gasteiger partial charge in [0.25, 0.3) is 5.56 Å². The number of ether oxygens (including phenoxy) is 1. The van der Waals surface area contributed by atoms with Crippen molar-refractivity contribution >= 4 is 11.9 Å². The van der Waals surface area contributed by atoms with Crippen LogP contribution in [0, 0.1) is 11.7 Å². The molecule has 0 spiro atoms. The van der Waals surface area contributed by atoms with Crippen molar-refractivity contribution in [3.63, 3.8) is 0 Å². The van der Waals surface area contributed by atoms with Gasteiger partial charge in [-0.2, -0.15) is 0 Å². The number of hydrogen-bond acceptors (Lipinski definition) is 6. The number of nitrogens with zero attached hydrogens (tertiary/aromatic N) is 3. The number of aromatic nitrogens is 3. The van der Waals surface area contributed by atoms with Crippen molar-refractivity contribution in [3.05, 3.63) is 46.1 Å². The zero-order valence-corrected chi connectivity index (χ0v) is 16.2. The zero-order chi connectivity index (χ0) is 20.8. The quantitative estimate of drug-likeness (QED) is 0.738. The van der Waals surface area contributed by atoms with Crippen LogP contribution in [-0.2, 0) is 20.7 Å². The molecule has 8 nitrogen and oxygen atoms in total. The number of hydrogen-bond donors (Lipinski definition) is 1. The van der Waals surface area contributed by atoms with Crippen LogP contribution in [0.5, 0.6) is 0 Å². The van der Waals surface area contributed by atoms with E-state index in [-0.39, 0.29) is 48.0 Å². The Kier molecular flexibility index (Phi) is 6.69. The average molecular weight is 402 g/mol. The lowest BCUT2D eigenvalue weighted by atomic mass is 9.96. The van der Waals surface area contributed by atoms with Gasteiger partial charge >= 0.3 is 5.97 Å². The van der Waals surface area contributed by atoms with E-state index in [1.165, 1.54) is 24.3 Å². The molecule has 0 saturated carbocycles. The lowest BCUT2D eigenvalue weighted by Gasteiger charge is -2.30. The van der Waals surface area contributed by atoms with E-state index in [4.69, 9.17) is 4.74 Å². The van der Waals surface area contributed by atoms with E-state index in [9.17, 15) is 18.8 Å². The molecule has 2 heterocycles. The van der Waals surface area contributed by atoms with Gasteiger partial charge in [-0.15, -0.1) is 10.2 Å². The third kappa shape index (κ3) is 5.24. The number of halogens is 1. The number of carbonyl (C=O) groups is 2. The SMILES string of the molecule is CCOC(=O)C1CCN(C(=O)CCc2nnc(-c3ccc(F)cc3)[nH]c2=O)CC1. The lowest BCUT2D eigenvalue weighted by Crippen LogP contribution is -2.40. The van der Waals surface area contributed by atoms with Crippen molar-refractivity contribution in [2.45, 2.75) is 32.6 Å². The summed E-state index contributed by atoms with van der Waals surface area (Å²) in [6.45, 7) is 3.11. The Hall–Kier alpha value is -3.10. The monoisotopic (exact) mass is 402 g/mol. The minimum atomic E-state index is -0.423. The molecule has 154 valence electrons. The number of esters is 1. The molecule has 1 aliphatic heterocycles. The molecule has 0 aliphatic carbocycles. The van der Waals surface area contributed by atoms with Crippen LogP contribution < -0.4 is 5.56 Å². The molecule has 3 rings (SSSR count). The molecule has 0 atom stereocenters. The van der Waals surface area contributed by atoms with Crippen molar-refractivity contribution in [3.8, 4) is 11.4 Å². The number of benzene rings is 1. The van der Waals surface area contributed by atoms with Crippen LogP contribution in [0.2, 0.25) is 0 Å². The van der Waals surface area contributed by atoms with Crippen LogP contribution in [0.15, 0.2) is 29.1 Å². The number of carbonyl (C=O) groups excluding carboxylic acids is 2. The van der Waals surface area contributed by atoms with E-state index >= 15 is 0 Å². The van der Waals surface area contributed by atoms with Crippen LogP contribution >= 0.6 is 0 Å². The van der Waals surface area contributed by atoms with Gasteiger partial charge in [0.15, 0.2) is 5.82 Å². The minimum Gasteiger partial charge on any atom is -0.466 e. The average Bonchev–Trinajstić information content (AvgIpc) is 2.73. The molecule has 1 aliphatic rings. The van der Waals surface area contributed by atoms with Crippen LogP contribution in [0.25, 0.3) is 11.4 Å². The highest BCUT2D eigenvalue weighted by molar-refractivity contribution is 5.77. The summed E-state index contributed by atoms with van der Waals surface area (Å²) in [5.74, 6) is -0.595. The first-order chi connectivity index (χ1) is 14.0. The summed E-state index contributed by atoms with van der Waals surface area (Å²) < 4.78 is 18.0. The highest BCUT2D eigenvalue weighted by Crippen LogP contribution is 2.19. The Bertz CT molecular complexity index is 921. The number of piperidine rings is 1. The van der Waals surface area contributed by atoms with Crippen LogP contribution in [-0.4, -0.2) is 51.7 Å². The summed E-state index contributed by atoms with van der Waals surface area (Å²) in [5, 5.41) is 7.90. The van der Waals surface area contributed by atoms with E-state index < -0.39 is 5.56 Å². The number of aryl methyl sites for hydroxylation is 1. The summed E-state index contributed by atoms with van der Waals surface area (Å²) in [6.07, 6.45) is 1.47. The normalized spacial score (nSPS) is 14.6. The van der Waals surface area contributed by atoms with Gasteiger partial charge in [-0.05, 0) is 44.0 Å². The van der Waals surface area contributed by atoms with Gasteiger partial charge < -0.3 is 14.6 Å². The maximum Gasteiger partial charge on any atom is 0.309 e. The predicted molar refractivity (Wildman–Crippen MR) is 102 cm³/mol. The summed E-state index contributed by atoms with van der Waals surface area (Å²) in [5.41, 5.74) is 0.293. The van der Waals surface area contributed by atoms with Crippen molar-refractivity contribution in [2.24, 2.45) is 5.92 Å². The van der Waals surface area contributed by atoms with Crippen molar-refractivity contribution in [1.82, 2.24) is 20.1 Å². The molecule has 1 saturated heterocycles. The fourth-order valence-electron chi connectivity index (χ4n) is 3.27. The van der Waals surface area contributed by atoms with E-state index in [1.807, 2.05) is 0 Å². The third-order valence-corrected chi connectivity index (χ3v) is 4.93. The molecule has 1 aromatic heterocycles. The largest absolute Gasteiger partial charge is 0.466 e. The highest BCUT2D eigenvalue weighted by atomic mass is 19.1. The van der Waals surface area contributed by atoms with E-state index in [2.05, 4.69) is 15.2 Å². The van der Waals surface area contributed by atoms with Gasteiger partial charge in [-0.25, -0.2) is 4.39 Å². The molecular formula is C20H23FN4O4. The molecule has 0 bridgehead atoms. The number of nitrogens with one attached hydrogen (secondary N) is 1. The predicted octanol–water partition coefficient (Wildman–Crippen LogP) is 1.71. The first kappa shape index (κ1) is 20.6. The van der Waals surface area contributed by atoms with Gasteiger partial charge in [0, 0.05) is 31.5 Å². The van der Waals surface area contributed by atoms with Gasteiger partial charge in [-0.3, -0.25) is 14.4 Å². The molecule has 1 N–H and O–H groups in total. The molecule has 0 unspecified atom stereocenters. The Morgan fingerprint density at radius 3 is 2.52 bits per heavy atom. The van der Waals surface area contributed by atoms with Gasteiger partial charge in [0.1, 0.15) is 11.5 Å². The summed E-state index contributed by atoms with van der Waals surface area (Å²) in [7, 11) is 0. The molecule has 1 aromatic carbocycles. The van der Waals surface area contributed by atoms with Gasteiger partial charge in [0.05, 0.1) is 12.5 Å². The fraction of sp³-hybridized carbons (Fsp3) is 0.450. The van der Waals surface area contributed by atoms with Crippen LogP contribution in [0.3, 0.4) is 0 Å². The second kappa shape index (κ2) is 9.40. The maximum absolute atomic E-state index is 13.0. The molecule has 29 heavy (non-hydrogen) atoms. The van der Waals surface area contributed by atoms with Gasteiger partial charge in [0.2, 0.25) is 5.91 Å². The van der Waals surface area contributed by atoms with Crippen molar-refractivity contribution in [1.29, 1.82) is 0 Å². The second-order valence-corrected chi connectivity index (χ2v) is 6.86. The lowest BCUT2D eigenvalue weighted by molar-refractivity contribution is -0.151. The minimum absolute atomic E-state index is 0.0869. The molecule has 1 amide bonds. The number of rotatable bonds is 6. The summed E-state index contributed by atoms with van der Waals surface area (Å²) >= 11 is 0. The Morgan fingerprint density at radius 2 is 1.90 bits per heavy atom. The standard InChI is InChI=1S/C20H23FN4O4/c1-2-29-20(28)14-9-11-25(12-10-14)17(26)8-7-16-19(27)22-18(24-23-16)13-3-5-15(21)6-4-13/h3-6,14H,2,7-12H2,1H3,(H,22,24,27). The number of likely N-dealkylation sites (tertiary alicyclic amines) is 1. The smallest absolute Gasteiger partial charge is 0.309 e. The van der Waals surface area contributed by atoms with E-state index in [0.717, 1.165) is 0 Å². The van der Waals surface area contributed by atoms with Crippen LogP contribution in [0.1, 0.15) is 31.9 Å². The topological polar surface area (TPSA) is 105 Å². The van der Waals surface area contributed by atoms with E-state index in [0.29, 0.717) is 38.1 Å². The Labute approximate surface area is 167 Å². The first-order valence-corrected chi connectivity index (χ1v) is 9.64. The van der Waals surface area contributed by atoms with E-state index in [1.54, 1.807) is 11.8 Å². The van der Waals surface area contributed by atoms with Gasteiger partial charge in [-0.1, -0.05) is 0 Å². The number of H-pyrrole nitrogens is 1. The molecule has 1 fully saturated rings.